The molecule has 110 valence electrons. The zero-order chi connectivity index (χ0) is 14.5. The summed E-state index contributed by atoms with van der Waals surface area (Å²) in [6, 6.07) is 0. The molecule has 0 bridgehead atoms. The summed E-state index contributed by atoms with van der Waals surface area (Å²) >= 11 is 0. The van der Waals surface area contributed by atoms with Crippen molar-refractivity contribution in [3.8, 4) is 0 Å². The lowest BCUT2D eigenvalue weighted by Gasteiger charge is -2.40. The average molecular weight is 270 g/mol. The first kappa shape index (κ1) is 16.0. The lowest BCUT2D eigenvalue weighted by molar-refractivity contribution is -0.153. The lowest BCUT2D eigenvalue weighted by atomic mass is 9.76. The van der Waals surface area contributed by atoms with Gasteiger partial charge in [-0.05, 0) is 25.8 Å². The van der Waals surface area contributed by atoms with Crippen LogP contribution in [0.1, 0.15) is 39.0 Å². The van der Waals surface area contributed by atoms with E-state index in [0.29, 0.717) is 19.5 Å². The Labute approximate surface area is 115 Å². The van der Waals surface area contributed by atoms with Gasteiger partial charge in [0.25, 0.3) is 0 Å². The Balaban J connectivity index is 2.57. The number of likely N-dealkylation sites (tertiary alicyclic amines) is 1. The van der Waals surface area contributed by atoms with Crippen LogP contribution >= 0.6 is 0 Å². The first-order valence-corrected chi connectivity index (χ1v) is 7.07. The molecule has 1 unspecified atom stereocenters. The fourth-order valence-corrected chi connectivity index (χ4v) is 2.86. The maximum absolute atomic E-state index is 11.6. The summed E-state index contributed by atoms with van der Waals surface area (Å²) in [6.45, 7) is 4.17. The van der Waals surface area contributed by atoms with Gasteiger partial charge in [0.15, 0.2) is 0 Å². The molecule has 1 aliphatic heterocycles. The molecule has 1 heterocycles. The minimum atomic E-state index is -0.682. The highest BCUT2D eigenvalue weighted by atomic mass is 16.4. The number of aliphatic carboxylic acids is 1. The van der Waals surface area contributed by atoms with Crippen LogP contribution in [-0.4, -0.2) is 60.5 Å². The predicted molar refractivity (Wildman–Crippen MR) is 74.0 cm³/mol. The van der Waals surface area contributed by atoms with E-state index in [-0.39, 0.29) is 5.91 Å². The van der Waals surface area contributed by atoms with Gasteiger partial charge < -0.3 is 14.9 Å². The van der Waals surface area contributed by atoms with Crippen molar-refractivity contribution >= 4 is 11.9 Å². The molecular formula is C14H26N2O3. The molecule has 1 N–H and O–H groups in total. The standard InChI is InChI=1S/C14H26N2O3/c1-4-7-14(13(18)19)8-5-9-16(11-14)10-6-12(17)15(2)3/h4-11H2,1-3H3,(H,18,19). The van der Waals surface area contributed by atoms with E-state index in [4.69, 9.17) is 0 Å². The van der Waals surface area contributed by atoms with Gasteiger partial charge in [-0.15, -0.1) is 0 Å². The van der Waals surface area contributed by atoms with Crippen molar-refractivity contribution in [1.82, 2.24) is 9.80 Å². The summed E-state index contributed by atoms with van der Waals surface area (Å²) in [5.74, 6) is -0.583. The van der Waals surface area contributed by atoms with E-state index in [1.54, 1.807) is 19.0 Å². The Morgan fingerprint density at radius 1 is 1.37 bits per heavy atom. The molecule has 1 amide bonds. The predicted octanol–water partition coefficient (Wildman–Crippen LogP) is 1.43. The van der Waals surface area contributed by atoms with Gasteiger partial charge >= 0.3 is 5.97 Å². The minimum absolute atomic E-state index is 0.0991. The molecule has 1 atom stereocenters. The van der Waals surface area contributed by atoms with Crippen LogP contribution in [0.5, 0.6) is 0 Å². The zero-order valence-corrected chi connectivity index (χ0v) is 12.3. The number of rotatable bonds is 6. The third kappa shape index (κ3) is 4.20. The summed E-state index contributed by atoms with van der Waals surface area (Å²) in [4.78, 5) is 26.9. The van der Waals surface area contributed by atoms with E-state index in [9.17, 15) is 14.7 Å². The summed E-state index contributed by atoms with van der Waals surface area (Å²) in [5, 5.41) is 9.50. The zero-order valence-electron chi connectivity index (χ0n) is 12.3. The molecule has 0 aromatic carbocycles. The van der Waals surface area contributed by atoms with E-state index in [0.717, 1.165) is 32.2 Å². The van der Waals surface area contributed by atoms with Gasteiger partial charge in [0, 0.05) is 33.6 Å². The quantitative estimate of drug-likeness (QED) is 0.793. The summed E-state index contributed by atoms with van der Waals surface area (Å²) < 4.78 is 0. The summed E-state index contributed by atoms with van der Waals surface area (Å²) in [5.41, 5.74) is -0.603. The summed E-state index contributed by atoms with van der Waals surface area (Å²) in [7, 11) is 3.49. The number of nitrogens with zero attached hydrogens (tertiary/aromatic N) is 2. The molecule has 19 heavy (non-hydrogen) atoms. The second-order valence-electron chi connectivity index (χ2n) is 5.75. The van der Waals surface area contributed by atoms with Crippen LogP contribution in [0.25, 0.3) is 0 Å². The van der Waals surface area contributed by atoms with E-state index in [1.807, 2.05) is 6.92 Å². The van der Waals surface area contributed by atoms with Crippen LogP contribution in [-0.2, 0) is 9.59 Å². The molecule has 0 radical (unpaired) electrons. The van der Waals surface area contributed by atoms with Crippen molar-refractivity contribution in [2.75, 3.05) is 33.7 Å². The Morgan fingerprint density at radius 2 is 2.05 bits per heavy atom. The number of amides is 1. The highest BCUT2D eigenvalue weighted by Gasteiger charge is 2.41. The van der Waals surface area contributed by atoms with E-state index < -0.39 is 11.4 Å². The fraction of sp³-hybridized carbons (Fsp3) is 0.857. The molecule has 1 rings (SSSR count). The van der Waals surface area contributed by atoms with Crippen molar-refractivity contribution < 1.29 is 14.7 Å². The smallest absolute Gasteiger partial charge is 0.310 e. The molecule has 5 nitrogen and oxygen atoms in total. The van der Waals surface area contributed by atoms with Gasteiger partial charge in [-0.2, -0.15) is 0 Å². The van der Waals surface area contributed by atoms with Gasteiger partial charge in [0.1, 0.15) is 0 Å². The SMILES string of the molecule is CCCC1(C(=O)O)CCCN(CCC(=O)N(C)C)C1. The molecule has 0 aromatic heterocycles. The average Bonchev–Trinajstić information content (AvgIpc) is 2.36. The monoisotopic (exact) mass is 270 g/mol. The van der Waals surface area contributed by atoms with Crippen molar-refractivity contribution in [2.24, 2.45) is 5.41 Å². The van der Waals surface area contributed by atoms with Crippen molar-refractivity contribution in [1.29, 1.82) is 0 Å². The normalized spacial score (nSPS) is 24.2. The second-order valence-corrected chi connectivity index (χ2v) is 5.75. The van der Waals surface area contributed by atoms with E-state index >= 15 is 0 Å². The fourth-order valence-electron chi connectivity index (χ4n) is 2.86. The topological polar surface area (TPSA) is 60.9 Å². The molecule has 1 fully saturated rings. The third-order valence-electron chi connectivity index (χ3n) is 3.98. The number of carboxylic acid groups (broad SMARTS) is 1. The number of hydrogen-bond donors (Lipinski definition) is 1. The van der Waals surface area contributed by atoms with Crippen LogP contribution in [0, 0.1) is 5.41 Å². The molecule has 1 saturated heterocycles. The largest absolute Gasteiger partial charge is 0.481 e. The first-order chi connectivity index (χ1) is 8.91. The van der Waals surface area contributed by atoms with Gasteiger partial charge in [-0.25, -0.2) is 0 Å². The van der Waals surface area contributed by atoms with Gasteiger partial charge in [-0.1, -0.05) is 13.3 Å². The molecule has 5 heteroatoms. The van der Waals surface area contributed by atoms with Crippen LogP contribution in [0.4, 0.5) is 0 Å². The molecular weight excluding hydrogens is 244 g/mol. The van der Waals surface area contributed by atoms with Crippen LogP contribution in [0.2, 0.25) is 0 Å². The third-order valence-corrected chi connectivity index (χ3v) is 3.98. The Hall–Kier alpha value is -1.10. The Kier molecular flexibility index (Phi) is 5.79. The van der Waals surface area contributed by atoms with E-state index in [1.165, 1.54) is 0 Å². The summed E-state index contributed by atoms with van der Waals surface area (Å²) in [6.07, 6.45) is 3.74. The number of carboxylic acids is 1. The van der Waals surface area contributed by atoms with Crippen molar-refractivity contribution in [3.63, 3.8) is 0 Å². The highest BCUT2D eigenvalue weighted by molar-refractivity contribution is 5.76. The number of carbonyl (C=O) groups excluding carboxylic acids is 1. The van der Waals surface area contributed by atoms with Crippen molar-refractivity contribution in [2.45, 2.75) is 39.0 Å². The van der Waals surface area contributed by atoms with Gasteiger partial charge in [0.2, 0.25) is 5.91 Å². The number of hydrogen-bond acceptors (Lipinski definition) is 3. The van der Waals surface area contributed by atoms with Gasteiger partial charge in [-0.3, -0.25) is 9.59 Å². The molecule has 0 aromatic rings. The molecule has 1 aliphatic rings. The number of carbonyl (C=O) groups is 2. The van der Waals surface area contributed by atoms with Crippen LogP contribution in [0.15, 0.2) is 0 Å². The Morgan fingerprint density at radius 3 is 2.58 bits per heavy atom. The maximum Gasteiger partial charge on any atom is 0.310 e. The number of piperidine rings is 1. The minimum Gasteiger partial charge on any atom is -0.481 e. The maximum atomic E-state index is 11.6. The molecule has 0 spiro atoms. The first-order valence-electron chi connectivity index (χ1n) is 7.07. The highest BCUT2D eigenvalue weighted by Crippen LogP contribution is 2.35. The van der Waals surface area contributed by atoms with Gasteiger partial charge in [0.05, 0.1) is 5.41 Å². The van der Waals surface area contributed by atoms with Crippen LogP contribution < -0.4 is 0 Å². The lowest BCUT2D eigenvalue weighted by Crippen LogP contribution is -2.48. The second kappa shape index (κ2) is 6.89. The Bertz CT molecular complexity index is 327. The van der Waals surface area contributed by atoms with Crippen molar-refractivity contribution in [3.05, 3.63) is 0 Å². The van der Waals surface area contributed by atoms with E-state index in [2.05, 4.69) is 4.90 Å². The van der Waals surface area contributed by atoms with Crippen LogP contribution in [0.3, 0.4) is 0 Å². The molecule has 0 aliphatic carbocycles. The molecule has 0 saturated carbocycles.